The number of pyridine rings is 1. The van der Waals surface area contributed by atoms with E-state index >= 15 is 0 Å². The van der Waals surface area contributed by atoms with Crippen LogP contribution in [0, 0.1) is 5.92 Å². The van der Waals surface area contributed by atoms with E-state index in [-0.39, 0.29) is 0 Å². The first-order valence-corrected chi connectivity index (χ1v) is 6.26. The maximum absolute atomic E-state index is 5.60. The van der Waals surface area contributed by atoms with Gasteiger partial charge in [-0.15, -0.1) is 0 Å². The van der Waals surface area contributed by atoms with E-state index in [0.29, 0.717) is 5.82 Å². The quantitative estimate of drug-likeness (QED) is 0.831. The van der Waals surface area contributed by atoms with Gasteiger partial charge in [-0.2, -0.15) is 0 Å². The fraction of sp³-hybridized carbons (Fsp3) is 0.615. The number of aromatic nitrogens is 1. The summed E-state index contributed by atoms with van der Waals surface area (Å²) in [5.74, 6) is 1.51. The van der Waals surface area contributed by atoms with E-state index in [1.165, 1.54) is 31.4 Å². The summed E-state index contributed by atoms with van der Waals surface area (Å²) in [5.41, 5.74) is 6.81. The van der Waals surface area contributed by atoms with Crippen LogP contribution in [0.15, 0.2) is 18.3 Å². The number of nitrogens with two attached hydrogens (primary N) is 1. The van der Waals surface area contributed by atoms with Crippen molar-refractivity contribution in [2.75, 3.05) is 23.7 Å². The molecule has 0 amide bonds. The number of hydrogen-bond acceptors (Lipinski definition) is 3. The van der Waals surface area contributed by atoms with Crippen LogP contribution in [0.4, 0.5) is 11.5 Å². The Kier molecular flexibility index (Phi) is 3.65. The SMILES string of the molecule is CCC1CCCN(c2ccc(N)nc2)CC1. The third kappa shape index (κ3) is 2.65. The Hall–Kier alpha value is -1.25. The normalized spacial score (nSPS) is 21.8. The van der Waals surface area contributed by atoms with Crippen molar-refractivity contribution in [1.82, 2.24) is 4.98 Å². The van der Waals surface area contributed by atoms with Gasteiger partial charge in [0.15, 0.2) is 0 Å². The zero-order valence-electron chi connectivity index (χ0n) is 10.0. The van der Waals surface area contributed by atoms with Crippen LogP contribution in [0.1, 0.15) is 32.6 Å². The molecule has 0 aromatic carbocycles. The fourth-order valence-electron chi connectivity index (χ4n) is 2.42. The predicted molar refractivity (Wildman–Crippen MR) is 68.5 cm³/mol. The smallest absolute Gasteiger partial charge is 0.123 e. The summed E-state index contributed by atoms with van der Waals surface area (Å²) >= 11 is 0. The first-order valence-electron chi connectivity index (χ1n) is 6.26. The molecule has 1 aliphatic rings. The molecule has 1 aromatic rings. The monoisotopic (exact) mass is 219 g/mol. The van der Waals surface area contributed by atoms with E-state index in [4.69, 9.17) is 5.73 Å². The molecule has 1 atom stereocenters. The molecule has 2 rings (SSSR count). The summed E-state index contributed by atoms with van der Waals surface area (Å²) in [6, 6.07) is 3.96. The van der Waals surface area contributed by atoms with E-state index in [9.17, 15) is 0 Å². The summed E-state index contributed by atoms with van der Waals surface area (Å²) in [5, 5.41) is 0. The molecular weight excluding hydrogens is 198 g/mol. The zero-order valence-corrected chi connectivity index (χ0v) is 10.0. The maximum Gasteiger partial charge on any atom is 0.123 e. The van der Waals surface area contributed by atoms with Gasteiger partial charge in [-0.3, -0.25) is 0 Å². The average Bonchev–Trinajstić information content (AvgIpc) is 2.55. The van der Waals surface area contributed by atoms with Gasteiger partial charge in [0, 0.05) is 13.1 Å². The summed E-state index contributed by atoms with van der Waals surface area (Å²) in [6.45, 7) is 4.61. The molecule has 0 spiro atoms. The molecule has 0 bridgehead atoms. The van der Waals surface area contributed by atoms with Gasteiger partial charge >= 0.3 is 0 Å². The van der Waals surface area contributed by atoms with Crippen molar-refractivity contribution in [1.29, 1.82) is 0 Å². The standard InChI is InChI=1S/C13H21N3/c1-2-11-4-3-8-16(9-7-11)12-5-6-13(14)15-10-12/h5-6,10-11H,2-4,7-9H2,1H3,(H2,14,15). The molecule has 1 aromatic heterocycles. The second-order valence-corrected chi connectivity index (χ2v) is 4.63. The van der Waals surface area contributed by atoms with Crippen molar-refractivity contribution in [2.24, 2.45) is 5.92 Å². The van der Waals surface area contributed by atoms with E-state index in [2.05, 4.69) is 22.9 Å². The average molecular weight is 219 g/mol. The van der Waals surface area contributed by atoms with Crippen molar-refractivity contribution in [3.8, 4) is 0 Å². The van der Waals surface area contributed by atoms with Crippen LogP contribution in [0.5, 0.6) is 0 Å². The minimum absolute atomic E-state index is 0.602. The highest BCUT2D eigenvalue weighted by atomic mass is 15.1. The Morgan fingerprint density at radius 1 is 1.38 bits per heavy atom. The van der Waals surface area contributed by atoms with Crippen molar-refractivity contribution < 1.29 is 0 Å². The van der Waals surface area contributed by atoms with Gasteiger partial charge in [-0.25, -0.2) is 4.98 Å². The Morgan fingerprint density at radius 2 is 2.25 bits per heavy atom. The van der Waals surface area contributed by atoms with Crippen LogP contribution in [-0.4, -0.2) is 18.1 Å². The van der Waals surface area contributed by atoms with Crippen molar-refractivity contribution in [3.63, 3.8) is 0 Å². The number of anilines is 2. The molecule has 0 aliphatic carbocycles. The lowest BCUT2D eigenvalue weighted by molar-refractivity contribution is 0.459. The van der Waals surface area contributed by atoms with Gasteiger partial charge in [0.2, 0.25) is 0 Å². The van der Waals surface area contributed by atoms with Crippen LogP contribution < -0.4 is 10.6 Å². The summed E-state index contributed by atoms with van der Waals surface area (Å²) in [4.78, 5) is 6.59. The van der Waals surface area contributed by atoms with Crippen molar-refractivity contribution in [3.05, 3.63) is 18.3 Å². The molecule has 88 valence electrons. The van der Waals surface area contributed by atoms with Gasteiger partial charge in [-0.05, 0) is 37.3 Å². The largest absolute Gasteiger partial charge is 0.384 e. The van der Waals surface area contributed by atoms with E-state index in [0.717, 1.165) is 19.0 Å². The third-order valence-corrected chi connectivity index (χ3v) is 3.56. The van der Waals surface area contributed by atoms with Crippen LogP contribution in [0.25, 0.3) is 0 Å². The molecule has 1 aliphatic heterocycles. The van der Waals surface area contributed by atoms with Gasteiger partial charge in [0.1, 0.15) is 5.82 Å². The van der Waals surface area contributed by atoms with Gasteiger partial charge in [-0.1, -0.05) is 13.3 Å². The van der Waals surface area contributed by atoms with Crippen LogP contribution in [0.2, 0.25) is 0 Å². The lowest BCUT2D eigenvalue weighted by Gasteiger charge is -2.22. The van der Waals surface area contributed by atoms with E-state index in [1.54, 1.807) is 0 Å². The lowest BCUT2D eigenvalue weighted by atomic mass is 9.98. The number of rotatable bonds is 2. The minimum atomic E-state index is 0.602. The number of nitrogens with zero attached hydrogens (tertiary/aromatic N) is 2. The predicted octanol–water partition coefficient (Wildman–Crippen LogP) is 2.68. The Morgan fingerprint density at radius 3 is 2.94 bits per heavy atom. The lowest BCUT2D eigenvalue weighted by Crippen LogP contribution is -2.24. The second-order valence-electron chi connectivity index (χ2n) is 4.63. The molecule has 1 fully saturated rings. The highest BCUT2D eigenvalue weighted by Crippen LogP contribution is 2.24. The third-order valence-electron chi connectivity index (χ3n) is 3.56. The topological polar surface area (TPSA) is 42.1 Å². The zero-order chi connectivity index (χ0) is 11.4. The van der Waals surface area contributed by atoms with Crippen molar-refractivity contribution >= 4 is 11.5 Å². The molecule has 16 heavy (non-hydrogen) atoms. The second kappa shape index (κ2) is 5.19. The van der Waals surface area contributed by atoms with Gasteiger partial charge < -0.3 is 10.6 Å². The van der Waals surface area contributed by atoms with E-state index < -0.39 is 0 Å². The number of hydrogen-bond donors (Lipinski definition) is 1. The first-order chi connectivity index (χ1) is 7.79. The van der Waals surface area contributed by atoms with Crippen LogP contribution >= 0.6 is 0 Å². The molecule has 1 saturated heterocycles. The molecule has 2 N–H and O–H groups in total. The van der Waals surface area contributed by atoms with Crippen molar-refractivity contribution in [2.45, 2.75) is 32.6 Å². The molecule has 0 radical (unpaired) electrons. The van der Waals surface area contributed by atoms with Crippen LogP contribution in [-0.2, 0) is 0 Å². The fourth-order valence-corrected chi connectivity index (χ4v) is 2.42. The number of nitrogen functional groups attached to an aromatic ring is 1. The minimum Gasteiger partial charge on any atom is -0.384 e. The highest BCUT2D eigenvalue weighted by molar-refractivity contribution is 5.48. The summed E-state index contributed by atoms with van der Waals surface area (Å²) in [6.07, 6.45) is 7.18. The summed E-state index contributed by atoms with van der Waals surface area (Å²) in [7, 11) is 0. The Labute approximate surface area is 97.7 Å². The van der Waals surface area contributed by atoms with Gasteiger partial charge in [0.25, 0.3) is 0 Å². The molecule has 1 unspecified atom stereocenters. The maximum atomic E-state index is 5.60. The molecule has 0 saturated carbocycles. The van der Waals surface area contributed by atoms with E-state index in [1.807, 2.05) is 12.3 Å². The van der Waals surface area contributed by atoms with Gasteiger partial charge in [0.05, 0.1) is 11.9 Å². The molecule has 3 nitrogen and oxygen atoms in total. The Balaban J connectivity index is 2.02. The van der Waals surface area contributed by atoms with Crippen LogP contribution in [0.3, 0.4) is 0 Å². The Bertz CT molecular complexity index is 320. The first kappa shape index (κ1) is 11.2. The molecular formula is C13H21N3. The highest BCUT2D eigenvalue weighted by Gasteiger charge is 2.15. The molecule has 2 heterocycles. The summed E-state index contributed by atoms with van der Waals surface area (Å²) < 4.78 is 0. The molecule has 3 heteroatoms.